The van der Waals surface area contributed by atoms with Crippen LogP contribution in [0.25, 0.3) is 5.70 Å². The van der Waals surface area contributed by atoms with E-state index >= 15 is 0 Å². The molecule has 0 fully saturated rings. The molecule has 1 atom stereocenters. The van der Waals surface area contributed by atoms with Crippen molar-refractivity contribution in [3.8, 4) is 0 Å². The molecule has 0 aliphatic carbocycles. The molecule has 1 N–H and O–H groups in total. The highest BCUT2D eigenvalue weighted by atomic mass is 16.6. The molecule has 0 aromatic heterocycles. The molecule has 0 unspecified atom stereocenters. The zero-order chi connectivity index (χ0) is 22.1. The molecule has 164 valence electrons. The number of nitrogens with zero attached hydrogens (tertiary/aromatic N) is 1. The second-order valence-corrected chi connectivity index (χ2v) is 8.65. The summed E-state index contributed by atoms with van der Waals surface area (Å²) >= 11 is 0. The van der Waals surface area contributed by atoms with Crippen molar-refractivity contribution in [3.05, 3.63) is 77.9 Å². The number of hydrogen-bond donors (Lipinski definition) is 1. The van der Waals surface area contributed by atoms with Crippen LogP contribution in [0, 0.1) is 0 Å². The van der Waals surface area contributed by atoms with Gasteiger partial charge in [-0.25, -0.2) is 4.79 Å². The number of aliphatic imine (C=N–C) groups is 1. The quantitative estimate of drug-likeness (QED) is 0.619. The van der Waals surface area contributed by atoms with Crippen molar-refractivity contribution in [2.45, 2.75) is 58.3 Å². The fourth-order valence-corrected chi connectivity index (χ4v) is 3.36. The third-order valence-electron chi connectivity index (χ3n) is 4.80. The summed E-state index contributed by atoms with van der Waals surface area (Å²) in [5.74, 6) is 0. The zero-order valence-corrected chi connectivity index (χ0v) is 18.6. The van der Waals surface area contributed by atoms with Gasteiger partial charge in [0, 0.05) is 5.71 Å². The van der Waals surface area contributed by atoms with Crippen LogP contribution in [0.2, 0.25) is 0 Å². The van der Waals surface area contributed by atoms with Crippen molar-refractivity contribution in [2.75, 3.05) is 6.61 Å². The second-order valence-electron chi connectivity index (χ2n) is 8.65. The van der Waals surface area contributed by atoms with Gasteiger partial charge in [-0.05, 0) is 51.2 Å². The minimum Gasteiger partial charge on any atom is -0.444 e. The standard InChI is InChI=1S/C26H32N2O3/c1-26(2,3)31-25(29)28-24(19-30-18-20-12-6-4-7-13-20)23-17-11-10-16-22(27-23)21-14-8-5-9-15-21/h4-9,12-16,24H,10-11,17-19H2,1-3H3,(H,28,29)/t24-/m0/s1. The van der Waals surface area contributed by atoms with Crippen molar-refractivity contribution in [1.29, 1.82) is 0 Å². The highest BCUT2D eigenvalue weighted by Crippen LogP contribution is 2.22. The predicted octanol–water partition coefficient (Wildman–Crippen LogP) is 5.76. The van der Waals surface area contributed by atoms with E-state index in [2.05, 4.69) is 23.5 Å². The fraction of sp³-hybridized carbons (Fsp3) is 0.385. The van der Waals surface area contributed by atoms with Crippen LogP contribution >= 0.6 is 0 Å². The summed E-state index contributed by atoms with van der Waals surface area (Å²) in [6.45, 7) is 6.36. The molecule has 31 heavy (non-hydrogen) atoms. The average Bonchev–Trinajstić information content (AvgIpc) is 2.99. The molecule has 0 radical (unpaired) electrons. The molecule has 0 bridgehead atoms. The fourth-order valence-electron chi connectivity index (χ4n) is 3.36. The maximum Gasteiger partial charge on any atom is 0.408 e. The number of benzene rings is 2. The Labute approximate surface area is 185 Å². The van der Waals surface area contributed by atoms with Gasteiger partial charge in [-0.15, -0.1) is 0 Å². The Balaban J connectivity index is 1.77. The van der Waals surface area contributed by atoms with Crippen LogP contribution in [0.4, 0.5) is 4.79 Å². The van der Waals surface area contributed by atoms with E-state index in [-0.39, 0.29) is 6.04 Å². The summed E-state index contributed by atoms with van der Waals surface area (Å²) in [4.78, 5) is 17.5. The lowest BCUT2D eigenvalue weighted by Gasteiger charge is -2.24. The van der Waals surface area contributed by atoms with Gasteiger partial charge in [0.05, 0.1) is 25.0 Å². The SMILES string of the molecule is CC(C)(C)OC(=O)N[C@@H](COCc1ccccc1)C1=NC(c2ccccc2)=CCCC1. The molecule has 2 aromatic carbocycles. The first-order valence-corrected chi connectivity index (χ1v) is 10.8. The minimum atomic E-state index is -0.570. The van der Waals surface area contributed by atoms with Gasteiger partial charge in [0.25, 0.3) is 0 Å². The third kappa shape index (κ3) is 7.68. The molecule has 3 rings (SSSR count). The van der Waals surface area contributed by atoms with Gasteiger partial charge in [-0.2, -0.15) is 0 Å². The number of alkyl carbamates (subject to hydrolysis) is 1. The summed E-state index contributed by atoms with van der Waals surface area (Å²) in [6, 6.07) is 19.8. The zero-order valence-electron chi connectivity index (χ0n) is 18.6. The molecule has 0 spiro atoms. The van der Waals surface area contributed by atoms with Gasteiger partial charge >= 0.3 is 6.09 Å². The van der Waals surface area contributed by atoms with Gasteiger partial charge in [0.2, 0.25) is 0 Å². The Morgan fingerprint density at radius 3 is 2.42 bits per heavy atom. The summed E-state index contributed by atoms with van der Waals surface area (Å²) < 4.78 is 11.5. The summed E-state index contributed by atoms with van der Waals surface area (Å²) in [7, 11) is 0. The van der Waals surface area contributed by atoms with Gasteiger partial charge in [0.15, 0.2) is 0 Å². The predicted molar refractivity (Wildman–Crippen MR) is 125 cm³/mol. The smallest absolute Gasteiger partial charge is 0.408 e. The van der Waals surface area contributed by atoms with Crippen molar-refractivity contribution >= 4 is 17.5 Å². The number of rotatable bonds is 7. The van der Waals surface area contributed by atoms with Gasteiger partial charge < -0.3 is 14.8 Å². The van der Waals surface area contributed by atoms with Crippen LogP contribution < -0.4 is 5.32 Å². The Morgan fingerprint density at radius 1 is 1.06 bits per heavy atom. The highest BCUT2D eigenvalue weighted by Gasteiger charge is 2.24. The number of carbonyl (C=O) groups excluding carboxylic acids is 1. The van der Waals surface area contributed by atoms with Gasteiger partial charge in [0.1, 0.15) is 5.60 Å². The van der Waals surface area contributed by atoms with Crippen LogP contribution in [0.1, 0.15) is 51.2 Å². The summed E-state index contributed by atoms with van der Waals surface area (Å²) in [5, 5.41) is 2.99. The molecule has 1 aliphatic heterocycles. The van der Waals surface area contributed by atoms with Crippen LogP contribution in [0.15, 0.2) is 71.7 Å². The molecule has 0 saturated heterocycles. The number of nitrogens with one attached hydrogen (secondary N) is 1. The summed E-state index contributed by atoms with van der Waals surface area (Å²) in [5.41, 5.74) is 3.44. The normalized spacial score (nSPS) is 15.3. The Kier molecular flexibility index (Phi) is 8.01. The lowest BCUT2D eigenvalue weighted by atomic mass is 10.1. The molecular formula is C26H32N2O3. The van der Waals surface area contributed by atoms with Crippen molar-refractivity contribution in [1.82, 2.24) is 5.32 Å². The number of ether oxygens (including phenoxy) is 2. The van der Waals surface area contributed by atoms with Crippen molar-refractivity contribution in [3.63, 3.8) is 0 Å². The molecule has 5 nitrogen and oxygen atoms in total. The van der Waals surface area contributed by atoms with Gasteiger partial charge in [-0.1, -0.05) is 66.7 Å². The lowest BCUT2D eigenvalue weighted by Crippen LogP contribution is -2.46. The highest BCUT2D eigenvalue weighted by molar-refractivity contribution is 5.96. The first-order valence-electron chi connectivity index (χ1n) is 10.8. The molecule has 2 aromatic rings. The summed E-state index contributed by atoms with van der Waals surface area (Å²) in [6.07, 6.45) is 4.42. The second kappa shape index (κ2) is 10.9. The van der Waals surface area contributed by atoms with Crippen molar-refractivity contribution < 1.29 is 14.3 Å². The largest absolute Gasteiger partial charge is 0.444 e. The maximum atomic E-state index is 12.5. The molecule has 0 saturated carbocycles. The van der Waals surface area contributed by atoms with E-state index in [0.29, 0.717) is 13.2 Å². The minimum absolute atomic E-state index is 0.328. The topological polar surface area (TPSA) is 59.9 Å². The Morgan fingerprint density at radius 2 is 1.74 bits per heavy atom. The third-order valence-corrected chi connectivity index (χ3v) is 4.80. The number of carbonyl (C=O) groups is 1. The molecule has 1 amide bonds. The first-order chi connectivity index (χ1) is 14.9. The Hall–Kier alpha value is -2.92. The van der Waals surface area contributed by atoms with Crippen LogP contribution in [-0.4, -0.2) is 30.1 Å². The first kappa shape index (κ1) is 22.8. The number of allylic oxidation sites excluding steroid dienone is 1. The maximum absolute atomic E-state index is 12.5. The molecular weight excluding hydrogens is 388 g/mol. The Bertz CT molecular complexity index is 899. The molecule has 1 aliphatic rings. The monoisotopic (exact) mass is 420 g/mol. The van der Waals surface area contributed by atoms with E-state index in [1.165, 1.54) is 0 Å². The molecule has 5 heteroatoms. The van der Waals surface area contributed by atoms with Crippen molar-refractivity contribution in [2.24, 2.45) is 4.99 Å². The average molecular weight is 421 g/mol. The van der Waals surface area contributed by atoms with E-state index in [9.17, 15) is 4.79 Å². The van der Waals surface area contributed by atoms with Crippen LogP contribution in [0.5, 0.6) is 0 Å². The van der Waals surface area contributed by atoms with Gasteiger partial charge in [-0.3, -0.25) is 4.99 Å². The number of amides is 1. The van der Waals surface area contributed by atoms with Crippen LogP contribution in [-0.2, 0) is 16.1 Å². The van der Waals surface area contributed by atoms with E-state index in [1.54, 1.807) is 0 Å². The van der Waals surface area contributed by atoms with Crippen LogP contribution in [0.3, 0.4) is 0 Å². The number of hydrogen-bond acceptors (Lipinski definition) is 4. The van der Waals surface area contributed by atoms with E-state index < -0.39 is 11.7 Å². The lowest BCUT2D eigenvalue weighted by molar-refractivity contribution is 0.0467. The molecule has 1 heterocycles. The van der Waals surface area contributed by atoms with E-state index in [4.69, 9.17) is 14.5 Å². The van der Waals surface area contributed by atoms with E-state index in [0.717, 1.165) is 41.8 Å². The van der Waals surface area contributed by atoms with E-state index in [1.807, 2.05) is 69.3 Å².